The Balaban J connectivity index is 1.40. The summed E-state index contributed by atoms with van der Waals surface area (Å²) in [5.74, 6) is 1.06. The van der Waals surface area contributed by atoms with Crippen molar-refractivity contribution in [2.45, 2.75) is 45.3 Å². The molecule has 1 fully saturated rings. The second kappa shape index (κ2) is 9.94. The number of Topliss-reactive ketones (excluding diaryl/α,β-unsaturated/α-hetero) is 1. The number of ketones is 1. The summed E-state index contributed by atoms with van der Waals surface area (Å²) >= 11 is 0. The van der Waals surface area contributed by atoms with Crippen molar-refractivity contribution in [3.05, 3.63) is 64.7 Å². The number of carbonyl (C=O) groups excluding carboxylic acids is 1. The zero-order chi connectivity index (χ0) is 21.8. The maximum absolute atomic E-state index is 12.5. The molecule has 0 aliphatic carbocycles. The molecular formula is C26H34N2O3. The highest BCUT2D eigenvalue weighted by Gasteiger charge is 2.35. The molecule has 0 bridgehead atoms. The standard InChI is InChI=1S/C26H34N2O3/c1-3-27-16-25-21-10-9-18(2)26(30)22(21)15-24(31-25)20-11-13-28(14-12-20)17-23(29)19-7-5-4-6-8-19/h4-10,20,24-25,27,30H,3,11-17H2,1-2H3/t24-,25-/m0/s1. The van der Waals surface area contributed by atoms with Gasteiger partial charge in [-0.1, -0.05) is 49.4 Å². The third kappa shape index (κ3) is 5.00. The summed E-state index contributed by atoms with van der Waals surface area (Å²) in [4.78, 5) is 14.8. The van der Waals surface area contributed by atoms with Crippen molar-refractivity contribution in [3.63, 3.8) is 0 Å². The minimum Gasteiger partial charge on any atom is -0.507 e. The number of hydrogen-bond acceptors (Lipinski definition) is 5. The van der Waals surface area contributed by atoms with Gasteiger partial charge in [0, 0.05) is 24.1 Å². The van der Waals surface area contributed by atoms with Crippen molar-refractivity contribution >= 4 is 5.78 Å². The number of carbonyl (C=O) groups is 1. The molecule has 2 heterocycles. The van der Waals surface area contributed by atoms with E-state index in [0.717, 1.165) is 67.7 Å². The fourth-order valence-corrected chi connectivity index (χ4v) is 4.93. The van der Waals surface area contributed by atoms with E-state index in [2.05, 4.69) is 23.2 Å². The molecule has 2 aliphatic rings. The number of aryl methyl sites for hydroxylation is 1. The predicted molar refractivity (Wildman–Crippen MR) is 123 cm³/mol. The Morgan fingerprint density at radius 2 is 1.90 bits per heavy atom. The number of phenols is 1. The van der Waals surface area contributed by atoms with Gasteiger partial charge in [0.05, 0.1) is 18.8 Å². The number of hydrogen-bond donors (Lipinski definition) is 2. The van der Waals surface area contributed by atoms with E-state index in [1.807, 2.05) is 43.3 Å². The largest absolute Gasteiger partial charge is 0.507 e. The van der Waals surface area contributed by atoms with Crippen molar-refractivity contribution in [1.82, 2.24) is 10.2 Å². The van der Waals surface area contributed by atoms with Crippen molar-refractivity contribution in [2.75, 3.05) is 32.7 Å². The molecular weight excluding hydrogens is 388 g/mol. The van der Waals surface area contributed by atoms with E-state index < -0.39 is 0 Å². The van der Waals surface area contributed by atoms with E-state index >= 15 is 0 Å². The first-order valence-corrected chi connectivity index (χ1v) is 11.5. The molecule has 1 saturated heterocycles. The van der Waals surface area contributed by atoms with Crippen LogP contribution in [0.1, 0.15) is 52.9 Å². The number of nitrogens with one attached hydrogen (secondary N) is 1. The molecule has 2 aromatic rings. The highest BCUT2D eigenvalue weighted by molar-refractivity contribution is 5.97. The first-order valence-electron chi connectivity index (χ1n) is 11.5. The summed E-state index contributed by atoms with van der Waals surface area (Å²) in [6.07, 6.45) is 2.87. The Kier molecular flexibility index (Phi) is 7.06. The van der Waals surface area contributed by atoms with Gasteiger partial charge in [0.1, 0.15) is 5.75 Å². The number of fused-ring (bicyclic) bond motifs is 1. The SMILES string of the molecule is CCNC[C@@H]1O[C@H](C2CCN(CC(=O)c3ccccc3)CC2)Cc2c1ccc(C)c2O. The van der Waals surface area contributed by atoms with Crippen LogP contribution in [0.15, 0.2) is 42.5 Å². The van der Waals surface area contributed by atoms with Gasteiger partial charge >= 0.3 is 0 Å². The molecule has 0 unspecified atom stereocenters. The number of aromatic hydroxyl groups is 1. The van der Waals surface area contributed by atoms with Gasteiger partial charge in [-0.05, 0) is 56.4 Å². The van der Waals surface area contributed by atoms with Crippen LogP contribution in [0.4, 0.5) is 0 Å². The summed E-state index contributed by atoms with van der Waals surface area (Å²) < 4.78 is 6.58. The van der Waals surface area contributed by atoms with Crippen molar-refractivity contribution < 1.29 is 14.6 Å². The fourth-order valence-electron chi connectivity index (χ4n) is 4.93. The number of phenolic OH excluding ortho intramolecular Hbond substituents is 1. The molecule has 5 heteroatoms. The molecule has 166 valence electrons. The third-order valence-corrected chi connectivity index (χ3v) is 6.81. The zero-order valence-electron chi connectivity index (χ0n) is 18.6. The monoisotopic (exact) mass is 422 g/mol. The Morgan fingerprint density at radius 1 is 1.16 bits per heavy atom. The number of rotatable bonds is 7. The van der Waals surface area contributed by atoms with Crippen molar-refractivity contribution in [1.29, 1.82) is 0 Å². The van der Waals surface area contributed by atoms with E-state index in [1.165, 1.54) is 0 Å². The van der Waals surface area contributed by atoms with Gasteiger partial charge in [-0.2, -0.15) is 0 Å². The number of likely N-dealkylation sites (tertiary alicyclic amines) is 1. The number of nitrogens with zero attached hydrogens (tertiary/aromatic N) is 1. The average molecular weight is 423 g/mol. The number of piperidine rings is 1. The van der Waals surface area contributed by atoms with E-state index in [9.17, 15) is 9.90 Å². The van der Waals surface area contributed by atoms with Gasteiger partial charge in [-0.25, -0.2) is 0 Å². The fraction of sp³-hybridized carbons (Fsp3) is 0.500. The normalized spacial score (nSPS) is 22.3. The predicted octanol–water partition coefficient (Wildman–Crippen LogP) is 3.89. The second-order valence-corrected chi connectivity index (χ2v) is 8.88. The third-order valence-electron chi connectivity index (χ3n) is 6.81. The number of ether oxygens (including phenoxy) is 1. The zero-order valence-corrected chi connectivity index (χ0v) is 18.6. The van der Waals surface area contributed by atoms with Crippen LogP contribution in [0.5, 0.6) is 5.75 Å². The van der Waals surface area contributed by atoms with Crippen LogP contribution in [0.25, 0.3) is 0 Å². The molecule has 5 nitrogen and oxygen atoms in total. The van der Waals surface area contributed by atoms with Crippen LogP contribution >= 0.6 is 0 Å². The Hall–Kier alpha value is -2.21. The lowest BCUT2D eigenvalue weighted by Crippen LogP contribution is -2.43. The molecule has 2 atom stereocenters. The molecule has 0 saturated carbocycles. The Morgan fingerprint density at radius 3 is 2.61 bits per heavy atom. The van der Waals surface area contributed by atoms with Gasteiger partial charge in [0.15, 0.2) is 5.78 Å². The maximum Gasteiger partial charge on any atom is 0.176 e. The maximum atomic E-state index is 12.5. The summed E-state index contributed by atoms with van der Waals surface area (Å²) in [6.45, 7) is 8.01. The summed E-state index contributed by atoms with van der Waals surface area (Å²) in [5, 5.41) is 14.1. The summed E-state index contributed by atoms with van der Waals surface area (Å²) in [7, 11) is 0. The van der Waals surface area contributed by atoms with Crippen LogP contribution in [0, 0.1) is 12.8 Å². The lowest BCUT2D eigenvalue weighted by atomic mass is 9.83. The minimum absolute atomic E-state index is 0.0297. The molecule has 0 spiro atoms. The van der Waals surface area contributed by atoms with Crippen molar-refractivity contribution in [2.24, 2.45) is 5.92 Å². The van der Waals surface area contributed by atoms with Crippen LogP contribution in [-0.4, -0.2) is 54.6 Å². The van der Waals surface area contributed by atoms with Gasteiger partial charge in [-0.3, -0.25) is 9.69 Å². The van der Waals surface area contributed by atoms with Gasteiger partial charge in [0.2, 0.25) is 0 Å². The van der Waals surface area contributed by atoms with Crippen LogP contribution < -0.4 is 5.32 Å². The van der Waals surface area contributed by atoms with E-state index in [1.54, 1.807) is 0 Å². The summed E-state index contributed by atoms with van der Waals surface area (Å²) in [6, 6.07) is 13.6. The molecule has 0 radical (unpaired) electrons. The quantitative estimate of drug-likeness (QED) is 0.663. The van der Waals surface area contributed by atoms with Gasteiger partial charge in [0.25, 0.3) is 0 Å². The highest BCUT2D eigenvalue weighted by atomic mass is 16.5. The molecule has 0 aromatic heterocycles. The smallest absolute Gasteiger partial charge is 0.176 e. The molecule has 31 heavy (non-hydrogen) atoms. The first kappa shape index (κ1) is 22.0. The molecule has 0 amide bonds. The van der Waals surface area contributed by atoms with Crippen LogP contribution in [-0.2, 0) is 11.2 Å². The van der Waals surface area contributed by atoms with Crippen molar-refractivity contribution in [3.8, 4) is 5.75 Å². The first-order chi connectivity index (χ1) is 15.1. The van der Waals surface area contributed by atoms with Crippen LogP contribution in [0.2, 0.25) is 0 Å². The number of benzene rings is 2. The van der Waals surface area contributed by atoms with Gasteiger partial charge in [-0.15, -0.1) is 0 Å². The minimum atomic E-state index is -0.0297. The van der Waals surface area contributed by atoms with Gasteiger partial charge < -0.3 is 15.2 Å². The highest BCUT2D eigenvalue weighted by Crippen LogP contribution is 2.40. The Labute approximate surface area is 185 Å². The lowest BCUT2D eigenvalue weighted by Gasteiger charge is -2.40. The average Bonchev–Trinajstić information content (AvgIpc) is 2.81. The van der Waals surface area contributed by atoms with E-state index in [0.29, 0.717) is 18.2 Å². The Bertz CT molecular complexity index is 891. The molecule has 2 N–H and O–H groups in total. The second-order valence-electron chi connectivity index (χ2n) is 8.88. The molecule has 2 aliphatic heterocycles. The van der Waals surface area contributed by atoms with E-state index in [-0.39, 0.29) is 18.0 Å². The van der Waals surface area contributed by atoms with Crippen LogP contribution in [0.3, 0.4) is 0 Å². The topological polar surface area (TPSA) is 61.8 Å². The lowest BCUT2D eigenvalue weighted by molar-refractivity contribution is -0.0670. The molecule has 2 aromatic carbocycles. The molecule has 4 rings (SSSR count). The van der Waals surface area contributed by atoms with E-state index in [4.69, 9.17) is 4.74 Å². The number of likely N-dealkylation sites (N-methyl/N-ethyl adjacent to an activating group) is 1. The summed E-state index contributed by atoms with van der Waals surface area (Å²) in [5.41, 5.74) is 3.89.